The fourth-order valence-corrected chi connectivity index (χ4v) is 2.00. The molecule has 3 rings (SSSR count). The lowest BCUT2D eigenvalue weighted by Crippen LogP contribution is -2.20. The second-order valence-electron chi connectivity index (χ2n) is 3.83. The van der Waals surface area contributed by atoms with Crippen LogP contribution in [0.1, 0.15) is 36.6 Å². The van der Waals surface area contributed by atoms with E-state index in [1.807, 2.05) is 6.26 Å². The zero-order valence-electron chi connectivity index (χ0n) is 7.05. The molecule has 2 nitrogen and oxygen atoms in total. The minimum absolute atomic E-state index is 0.589. The third kappa shape index (κ3) is 0.985. The second-order valence-corrected chi connectivity index (χ2v) is 3.83. The third-order valence-electron chi connectivity index (χ3n) is 2.83. The summed E-state index contributed by atoms with van der Waals surface area (Å²) in [7, 11) is 0. The second kappa shape index (κ2) is 2.36. The quantitative estimate of drug-likeness (QED) is 0.721. The van der Waals surface area contributed by atoms with Crippen LogP contribution in [0.5, 0.6) is 0 Å². The average Bonchev–Trinajstić information content (AvgIpc) is 2.63. The van der Waals surface area contributed by atoms with Crippen molar-refractivity contribution >= 4 is 0 Å². The number of furan rings is 1. The van der Waals surface area contributed by atoms with E-state index in [1.165, 1.54) is 30.6 Å². The lowest BCUT2D eigenvalue weighted by molar-refractivity contribution is 0.501. The smallest absolute Gasteiger partial charge is 0.108 e. The zero-order valence-corrected chi connectivity index (χ0v) is 7.05. The number of fused-ring (bicyclic) bond motifs is 1. The van der Waals surface area contributed by atoms with Crippen molar-refractivity contribution in [3.63, 3.8) is 0 Å². The summed E-state index contributed by atoms with van der Waals surface area (Å²) in [6.45, 7) is 0. The van der Waals surface area contributed by atoms with Crippen LogP contribution in [0.2, 0.25) is 0 Å². The number of aryl methyl sites for hydroxylation is 1. The normalized spacial score (nSPS) is 27.5. The maximum Gasteiger partial charge on any atom is 0.108 e. The number of hydrogen-bond donors (Lipinski definition) is 1. The molecule has 1 saturated carbocycles. The van der Waals surface area contributed by atoms with E-state index >= 15 is 0 Å². The topological polar surface area (TPSA) is 25.2 Å². The summed E-state index contributed by atoms with van der Waals surface area (Å²) in [5.74, 6) is 1.20. The van der Waals surface area contributed by atoms with E-state index in [9.17, 15) is 0 Å². The molecule has 1 unspecified atom stereocenters. The molecule has 1 fully saturated rings. The van der Waals surface area contributed by atoms with Gasteiger partial charge >= 0.3 is 0 Å². The van der Waals surface area contributed by atoms with E-state index in [1.54, 1.807) is 0 Å². The largest absolute Gasteiger partial charge is 0.469 e. The van der Waals surface area contributed by atoms with Gasteiger partial charge < -0.3 is 9.73 Å². The number of rotatable bonds is 2. The fraction of sp³-hybridized carbons (Fsp3) is 0.600. The Balaban J connectivity index is 1.80. The predicted octanol–water partition coefficient (Wildman–Crippen LogP) is 2.02. The summed E-state index contributed by atoms with van der Waals surface area (Å²) in [5.41, 5.74) is 1.40. The van der Waals surface area contributed by atoms with Crippen LogP contribution < -0.4 is 5.32 Å². The van der Waals surface area contributed by atoms with Gasteiger partial charge in [0.1, 0.15) is 5.76 Å². The Hall–Kier alpha value is -0.760. The van der Waals surface area contributed by atoms with Crippen LogP contribution in [0, 0.1) is 0 Å². The van der Waals surface area contributed by atoms with Crippen LogP contribution in [0.3, 0.4) is 0 Å². The van der Waals surface area contributed by atoms with Gasteiger partial charge in [0.15, 0.2) is 0 Å². The van der Waals surface area contributed by atoms with Gasteiger partial charge in [-0.15, -0.1) is 0 Å². The molecule has 0 amide bonds. The molecule has 0 bridgehead atoms. The Morgan fingerprint density at radius 2 is 2.25 bits per heavy atom. The lowest BCUT2D eigenvalue weighted by Gasteiger charge is -2.10. The summed E-state index contributed by atoms with van der Waals surface area (Å²) in [6, 6.07) is 3.50. The molecule has 1 N–H and O–H groups in total. The van der Waals surface area contributed by atoms with Gasteiger partial charge in [-0.2, -0.15) is 0 Å². The summed E-state index contributed by atoms with van der Waals surface area (Å²) in [5, 5.41) is 3.64. The lowest BCUT2D eigenvalue weighted by atomic mass is 10.2. The highest BCUT2D eigenvalue weighted by atomic mass is 16.3. The Kier molecular flexibility index (Phi) is 1.32. The third-order valence-corrected chi connectivity index (χ3v) is 2.83. The van der Waals surface area contributed by atoms with Gasteiger partial charge in [-0.1, -0.05) is 0 Å². The van der Waals surface area contributed by atoms with E-state index in [0.717, 1.165) is 12.5 Å². The molecule has 1 aromatic heterocycles. The Morgan fingerprint density at radius 1 is 1.33 bits per heavy atom. The van der Waals surface area contributed by atoms with E-state index in [-0.39, 0.29) is 0 Å². The highest BCUT2D eigenvalue weighted by molar-refractivity contribution is 5.26. The molecule has 0 radical (unpaired) electrons. The van der Waals surface area contributed by atoms with Crippen molar-refractivity contribution in [3.05, 3.63) is 23.7 Å². The van der Waals surface area contributed by atoms with Crippen LogP contribution in [0.4, 0.5) is 0 Å². The minimum Gasteiger partial charge on any atom is -0.469 e. The highest BCUT2D eigenvalue weighted by Crippen LogP contribution is 2.34. The molecular weight excluding hydrogens is 150 g/mol. The highest BCUT2D eigenvalue weighted by Gasteiger charge is 2.30. The van der Waals surface area contributed by atoms with Gasteiger partial charge in [-0.25, -0.2) is 0 Å². The first-order valence-corrected chi connectivity index (χ1v) is 4.76. The zero-order chi connectivity index (χ0) is 7.97. The average molecular weight is 163 g/mol. The molecule has 0 saturated heterocycles. The van der Waals surface area contributed by atoms with E-state index in [2.05, 4.69) is 11.4 Å². The molecule has 1 aromatic rings. The van der Waals surface area contributed by atoms with E-state index < -0.39 is 0 Å². The standard InChI is InChI=1S/C10H13NO/c1-2-7(1)11-9-3-4-10-8(9)5-6-12-10/h5-7,9,11H,1-4H2. The molecule has 0 aliphatic heterocycles. The van der Waals surface area contributed by atoms with E-state index in [0.29, 0.717) is 6.04 Å². The summed E-state index contributed by atoms with van der Waals surface area (Å²) in [4.78, 5) is 0. The van der Waals surface area contributed by atoms with Crippen LogP contribution in [-0.2, 0) is 6.42 Å². The Morgan fingerprint density at radius 3 is 3.08 bits per heavy atom. The minimum atomic E-state index is 0.589. The van der Waals surface area contributed by atoms with Crippen LogP contribution in [0.25, 0.3) is 0 Å². The van der Waals surface area contributed by atoms with Crippen molar-refractivity contribution in [3.8, 4) is 0 Å². The summed E-state index contributed by atoms with van der Waals surface area (Å²) in [6.07, 6.45) is 6.89. The molecule has 2 heteroatoms. The van der Waals surface area contributed by atoms with Crippen LogP contribution in [-0.4, -0.2) is 6.04 Å². The molecule has 2 aliphatic carbocycles. The molecule has 64 valence electrons. The number of nitrogens with one attached hydrogen (secondary N) is 1. The van der Waals surface area contributed by atoms with Gasteiger partial charge in [-0.05, 0) is 25.3 Å². The fourth-order valence-electron chi connectivity index (χ4n) is 2.00. The van der Waals surface area contributed by atoms with Crippen molar-refractivity contribution in [1.29, 1.82) is 0 Å². The van der Waals surface area contributed by atoms with Crippen molar-refractivity contribution in [2.45, 2.75) is 37.8 Å². The first-order chi connectivity index (χ1) is 5.93. The molecule has 1 heterocycles. The van der Waals surface area contributed by atoms with Gasteiger partial charge in [0.25, 0.3) is 0 Å². The van der Waals surface area contributed by atoms with Crippen LogP contribution >= 0.6 is 0 Å². The maximum absolute atomic E-state index is 5.37. The monoisotopic (exact) mass is 163 g/mol. The summed E-state index contributed by atoms with van der Waals surface area (Å²) < 4.78 is 5.37. The Labute approximate surface area is 72.0 Å². The molecule has 0 spiro atoms. The van der Waals surface area contributed by atoms with Gasteiger partial charge in [0, 0.05) is 24.1 Å². The predicted molar refractivity (Wildman–Crippen MR) is 45.9 cm³/mol. The van der Waals surface area contributed by atoms with Crippen molar-refractivity contribution in [2.24, 2.45) is 0 Å². The van der Waals surface area contributed by atoms with Crippen molar-refractivity contribution in [1.82, 2.24) is 5.32 Å². The molecule has 0 aromatic carbocycles. The first-order valence-electron chi connectivity index (χ1n) is 4.76. The van der Waals surface area contributed by atoms with Gasteiger partial charge in [-0.3, -0.25) is 0 Å². The van der Waals surface area contributed by atoms with Crippen LogP contribution in [0.15, 0.2) is 16.7 Å². The SMILES string of the molecule is c1cc2c(o1)CCC2NC1CC1. The Bertz CT molecular complexity index is 288. The summed E-state index contributed by atoms with van der Waals surface area (Å²) >= 11 is 0. The van der Waals surface area contributed by atoms with Gasteiger partial charge in [0.2, 0.25) is 0 Å². The molecular formula is C10H13NO. The van der Waals surface area contributed by atoms with Crippen molar-refractivity contribution < 1.29 is 4.42 Å². The maximum atomic E-state index is 5.37. The van der Waals surface area contributed by atoms with Crippen molar-refractivity contribution in [2.75, 3.05) is 0 Å². The molecule has 12 heavy (non-hydrogen) atoms. The molecule has 1 atom stereocenters. The molecule has 2 aliphatic rings. The van der Waals surface area contributed by atoms with Gasteiger partial charge in [0.05, 0.1) is 6.26 Å². The first kappa shape index (κ1) is 6.72. The van der Waals surface area contributed by atoms with E-state index in [4.69, 9.17) is 4.42 Å². The number of hydrogen-bond acceptors (Lipinski definition) is 2.